The van der Waals surface area contributed by atoms with Crippen molar-refractivity contribution in [3.8, 4) is 0 Å². The summed E-state index contributed by atoms with van der Waals surface area (Å²) < 4.78 is 1.58. The van der Waals surface area contributed by atoms with Gasteiger partial charge in [0.1, 0.15) is 5.69 Å². The van der Waals surface area contributed by atoms with Crippen molar-refractivity contribution in [3.63, 3.8) is 0 Å². The van der Waals surface area contributed by atoms with E-state index in [9.17, 15) is 9.59 Å². The topological polar surface area (TPSA) is 84.2 Å². The molecule has 0 aliphatic rings. The van der Waals surface area contributed by atoms with Crippen molar-refractivity contribution in [1.29, 1.82) is 0 Å². The van der Waals surface area contributed by atoms with Gasteiger partial charge in [0.2, 0.25) is 0 Å². The molecule has 0 atom stereocenters. The van der Waals surface area contributed by atoms with Gasteiger partial charge in [0.05, 0.1) is 11.3 Å². The molecule has 0 aliphatic heterocycles. The molecule has 6 nitrogen and oxygen atoms in total. The number of hydrogen-bond acceptors (Lipinski definition) is 3. The summed E-state index contributed by atoms with van der Waals surface area (Å²) in [7, 11) is 0. The Morgan fingerprint density at radius 3 is 2.67 bits per heavy atom. The number of hydrogen-bond donors (Lipinski definition) is 2. The average Bonchev–Trinajstić information content (AvgIpc) is 2.79. The number of rotatable bonds is 4. The lowest BCUT2D eigenvalue weighted by Crippen LogP contribution is -2.17. The van der Waals surface area contributed by atoms with E-state index in [4.69, 9.17) is 16.7 Å². The number of carboxylic acid groups (broad SMARTS) is 1. The van der Waals surface area contributed by atoms with Gasteiger partial charge in [-0.15, -0.1) is 0 Å². The third kappa shape index (κ3) is 3.41. The normalized spacial score (nSPS) is 10.4. The molecule has 7 heteroatoms. The number of amides is 1. The first-order chi connectivity index (χ1) is 9.90. The predicted octanol–water partition coefficient (Wildman–Crippen LogP) is 2.82. The van der Waals surface area contributed by atoms with Gasteiger partial charge in [0.15, 0.2) is 0 Å². The number of benzene rings is 1. The van der Waals surface area contributed by atoms with Crippen LogP contribution >= 0.6 is 11.6 Å². The summed E-state index contributed by atoms with van der Waals surface area (Å²) in [5.74, 6) is -1.47. The van der Waals surface area contributed by atoms with Gasteiger partial charge in [-0.25, -0.2) is 4.79 Å². The van der Waals surface area contributed by atoms with Crippen LogP contribution in [-0.4, -0.2) is 26.8 Å². The zero-order valence-corrected chi connectivity index (χ0v) is 12.3. The van der Waals surface area contributed by atoms with Gasteiger partial charge in [0, 0.05) is 17.3 Å². The minimum atomic E-state index is -1.11. The summed E-state index contributed by atoms with van der Waals surface area (Å²) in [6.45, 7) is 4.24. The SMILES string of the molecule is CCn1nc(C)cc1C(=O)Nc1cc(Cl)cc(C(=O)O)c1. The Morgan fingerprint density at radius 1 is 1.33 bits per heavy atom. The number of aromatic nitrogens is 2. The minimum Gasteiger partial charge on any atom is -0.478 e. The van der Waals surface area contributed by atoms with Gasteiger partial charge < -0.3 is 10.4 Å². The lowest BCUT2D eigenvalue weighted by atomic mass is 10.2. The number of nitrogens with one attached hydrogen (secondary N) is 1. The number of carbonyl (C=O) groups excluding carboxylic acids is 1. The zero-order chi connectivity index (χ0) is 15.6. The molecule has 0 radical (unpaired) electrons. The van der Waals surface area contributed by atoms with Crippen LogP contribution in [0.15, 0.2) is 24.3 Å². The van der Waals surface area contributed by atoms with Crippen molar-refractivity contribution in [1.82, 2.24) is 9.78 Å². The van der Waals surface area contributed by atoms with Crippen molar-refractivity contribution < 1.29 is 14.7 Å². The Balaban J connectivity index is 2.29. The van der Waals surface area contributed by atoms with E-state index in [2.05, 4.69) is 10.4 Å². The Kier molecular flexibility index (Phi) is 4.28. The zero-order valence-electron chi connectivity index (χ0n) is 11.6. The molecule has 1 heterocycles. The molecule has 2 rings (SSSR count). The number of aromatic carboxylic acids is 1. The van der Waals surface area contributed by atoms with Crippen molar-refractivity contribution >= 4 is 29.2 Å². The fourth-order valence-corrected chi connectivity index (χ4v) is 2.18. The molecule has 0 saturated heterocycles. The van der Waals surface area contributed by atoms with Gasteiger partial charge in [-0.1, -0.05) is 11.6 Å². The van der Waals surface area contributed by atoms with E-state index in [0.717, 1.165) is 5.69 Å². The molecule has 110 valence electrons. The molecule has 1 aromatic carbocycles. The van der Waals surface area contributed by atoms with Gasteiger partial charge in [-0.3, -0.25) is 9.48 Å². The van der Waals surface area contributed by atoms with Gasteiger partial charge >= 0.3 is 5.97 Å². The number of nitrogens with zero attached hydrogens (tertiary/aromatic N) is 2. The molecule has 0 unspecified atom stereocenters. The van der Waals surface area contributed by atoms with E-state index in [1.807, 2.05) is 6.92 Å². The molecule has 2 aromatic rings. The second-order valence-electron chi connectivity index (χ2n) is 4.47. The van der Waals surface area contributed by atoms with Crippen molar-refractivity contribution in [2.45, 2.75) is 20.4 Å². The third-order valence-electron chi connectivity index (χ3n) is 2.84. The molecule has 2 N–H and O–H groups in total. The van der Waals surface area contributed by atoms with E-state index in [-0.39, 0.29) is 16.5 Å². The van der Waals surface area contributed by atoms with Crippen LogP contribution in [0.4, 0.5) is 5.69 Å². The van der Waals surface area contributed by atoms with Gasteiger partial charge in [-0.05, 0) is 38.1 Å². The number of aryl methyl sites for hydroxylation is 2. The Bertz CT molecular complexity index is 709. The lowest BCUT2D eigenvalue weighted by molar-refractivity contribution is 0.0696. The average molecular weight is 308 g/mol. The van der Waals surface area contributed by atoms with Crippen LogP contribution < -0.4 is 5.32 Å². The van der Waals surface area contributed by atoms with Crippen LogP contribution in [0.5, 0.6) is 0 Å². The highest BCUT2D eigenvalue weighted by Gasteiger charge is 2.14. The Hall–Kier alpha value is -2.34. The predicted molar refractivity (Wildman–Crippen MR) is 79.0 cm³/mol. The maximum Gasteiger partial charge on any atom is 0.335 e. The minimum absolute atomic E-state index is 0.0120. The first-order valence-corrected chi connectivity index (χ1v) is 6.68. The molecule has 1 aromatic heterocycles. The van der Waals surface area contributed by atoms with Crippen molar-refractivity contribution in [2.24, 2.45) is 0 Å². The van der Waals surface area contributed by atoms with Crippen LogP contribution in [0, 0.1) is 6.92 Å². The van der Waals surface area contributed by atoms with Crippen molar-refractivity contribution in [2.75, 3.05) is 5.32 Å². The lowest BCUT2D eigenvalue weighted by Gasteiger charge is -2.08. The maximum atomic E-state index is 12.2. The highest BCUT2D eigenvalue weighted by Crippen LogP contribution is 2.20. The van der Waals surface area contributed by atoms with Crippen LogP contribution in [0.25, 0.3) is 0 Å². The van der Waals surface area contributed by atoms with Crippen LogP contribution in [0.3, 0.4) is 0 Å². The fraction of sp³-hybridized carbons (Fsp3) is 0.214. The number of carbonyl (C=O) groups is 2. The summed E-state index contributed by atoms with van der Waals surface area (Å²) in [5, 5.41) is 16.1. The highest BCUT2D eigenvalue weighted by molar-refractivity contribution is 6.31. The molecule has 0 spiro atoms. The summed E-state index contributed by atoms with van der Waals surface area (Å²) in [6, 6.07) is 5.83. The number of halogens is 1. The first-order valence-electron chi connectivity index (χ1n) is 6.30. The van der Waals surface area contributed by atoms with E-state index in [0.29, 0.717) is 17.9 Å². The van der Waals surface area contributed by atoms with E-state index in [1.54, 1.807) is 17.7 Å². The maximum absolute atomic E-state index is 12.2. The second-order valence-corrected chi connectivity index (χ2v) is 4.91. The summed E-state index contributed by atoms with van der Waals surface area (Å²) >= 11 is 5.85. The molecule has 0 fully saturated rings. The largest absolute Gasteiger partial charge is 0.478 e. The molecule has 0 saturated carbocycles. The summed E-state index contributed by atoms with van der Waals surface area (Å²) in [6.07, 6.45) is 0. The fourth-order valence-electron chi connectivity index (χ4n) is 1.95. The third-order valence-corrected chi connectivity index (χ3v) is 3.06. The van der Waals surface area contributed by atoms with Crippen molar-refractivity contribution in [3.05, 3.63) is 46.2 Å². The Morgan fingerprint density at radius 2 is 2.05 bits per heavy atom. The molecule has 0 bridgehead atoms. The van der Waals surface area contributed by atoms with Crippen LogP contribution in [0.2, 0.25) is 5.02 Å². The summed E-state index contributed by atoms with van der Waals surface area (Å²) in [5.41, 5.74) is 1.48. The molecule has 21 heavy (non-hydrogen) atoms. The molecular formula is C14H14ClN3O3. The monoisotopic (exact) mass is 307 g/mol. The Labute approximate surface area is 126 Å². The van der Waals surface area contributed by atoms with Gasteiger partial charge in [-0.2, -0.15) is 5.10 Å². The second kappa shape index (κ2) is 5.97. The van der Waals surface area contributed by atoms with Gasteiger partial charge in [0.25, 0.3) is 5.91 Å². The molecular weight excluding hydrogens is 294 g/mol. The quantitative estimate of drug-likeness (QED) is 0.909. The number of anilines is 1. The first kappa shape index (κ1) is 15.1. The van der Waals surface area contributed by atoms with Crippen LogP contribution in [0.1, 0.15) is 33.5 Å². The molecule has 0 aliphatic carbocycles. The smallest absolute Gasteiger partial charge is 0.335 e. The standard InChI is InChI=1S/C14H14ClN3O3/c1-3-18-12(4-8(2)17-18)13(19)16-11-6-9(14(20)21)5-10(15)7-11/h4-7H,3H2,1-2H3,(H,16,19)(H,20,21). The summed E-state index contributed by atoms with van der Waals surface area (Å²) in [4.78, 5) is 23.2. The van der Waals surface area contributed by atoms with Crippen LogP contribution in [-0.2, 0) is 6.54 Å². The van der Waals surface area contributed by atoms with E-state index < -0.39 is 5.97 Å². The molecule has 1 amide bonds. The van der Waals surface area contributed by atoms with E-state index in [1.165, 1.54) is 18.2 Å². The van der Waals surface area contributed by atoms with E-state index >= 15 is 0 Å². The highest BCUT2D eigenvalue weighted by atomic mass is 35.5. The number of carboxylic acids is 1.